The zero-order chi connectivity index (χ0) is 25.1. The molecule has 2 N–H and O–H groups in total. The predicted molar refractivity (Wildman–Crippen MR) is 112 cm³/mol. The molecule has 0 bridgehead atoms. The van der Waals surface area contributed by atoms with Crippen LogP contribution in [0.5, 0.6) is 0 Å². The maximum absolute atomic E-state index is 12.2. The first kappa shape index (κ1) is 27.4. The number of nitrogens with zero attached hydrogens (tertiary/aromatic N) is 1. The maximum atomic E-state index is 12.2. The Morgan fingerprint density at radius 2 is 1.73 bits per heavy atom. The second-order valence-corrected chi connectivity index (χ2v) is 6.94. The summed E-state index contributed by atoms with van der Waals surface area (Å²) < 4.78 is 26.1. The van der Waals surface area contributed by atoms with E-state index in [2.05, 4.69) is 15.6 Å². The Hall–Kier alpha value is -3.64. The molecule has 13 heteroatoms. The van der Waals surface area contributed by atoms with Crippen LogP contribution in [0.4, 0.5) is 0 Å². The Kier molecular flexibility index (Phi) is 10.8. The molecule has 1 aliphatic heterocycles. The van der Waals surface area contributed by atoms with Gasteiger partial charge < -0.3 is 34.3 Å². The number of esters is 4. The molecule has 0 radical (unpaired) electrons. The SMILES string of the molecule is CN=CN[C@H]1C=C(C(=O)OC)O[C@@H]([C@H](OC(C)=O)[C@@H](COC(C)=O)OC(C)=O)[C@@H]1NC(C)=O. The summed E-state index contributed by atoms with van der Waals surface area (Å²) in [5.41, 5.74) is 0. The fourth-order valence-electron chi connectivity index (χ4n) is 3.09. The van der Waals surface area contributed by atoms with E-state index in [4.69, 9.17) is 23.7 Å². The van der Waals surface area contributed by atoms with Crippen molar-refractivity contribution in [3.63, 3.8) is 0 Å². The second-order valence-electron chi connectivity index (χ2n) is 6.94. The molecule has 0 unspecified atom stereocenters. The smallest absolute Gasteiger partial charge is 0.373 e. The van der Waals surface area contributed by atoms with Gasteiger partial charge in [-0.05, 0) is 6.08 Å². The molecule has 13 nitrogen and oxygen atoms in total. The maximum Gasteiger partial charge on any atom is 0.373 e. The molecule has 0 saturated carbocycles. The summed E-state index contributed by atoms with van der Waals surface area (Å²) in [6.45, 7) is 4.14. The third-order valence-electron chi connectivity index (χ3n) is 4.25. The average Bonchev–Trinajstić information content (AvgIpc) is 2.72. The van der Waals surface area contributed by atoms with Crippen molar-refractivity contribution < 1.29 is 47.7 Å². The lowest BCUT2D eigenvalue weighted by molar-refractivity contribution is -0.188. The van der Waals surface area contributed by atoms with E-state index < -0.39 is 66.8 Å². The Morgan fingerprint density at radius 1 is 1.09 bits per heavy atom. The van der Waals surface area contributed by atoms with E-state index in [0.29, 0.717) is 0 Å². The predicted octanol–water partition coefficient (Wildman–Crippen LogP) is -1.01. The number of hydrogen-bond donors (Lipinski definition) is 2. The fourth-order valence-corrected chi connectivity index (χ4v) is 3.09. The number of aliphatic imine (C=N–C) groups is 1. The lowest BCUT2D eigenvalue weighted by atomic mass is 9.91. The van der Waals surface area contributed by atoms with E-state index >= 15 is 0 Å². The molecular formula is C20H29N3O10. The molecule has 184 valence electrons. The van der Waals surface area contributed by atoms with E-state index in [1.807, 2.05) is 0 Å². The fraction of sp³-hybridized carbons (Fsp3) is 0.600. The van der Waals surface area contributed by atoms with Gasteiger partial charge in [-0.3, -0.25) is 24.2 Å². The Bertz CT molecular complexity index is 810. The first-order valence-electron chi connectivity index (χ1n) is 9.88. The topological polar surface area (TPSA) is 168 Å². The Morgan fingerprint density at radius 3 is 2.21 bits per heavy atom. The number of amides is 1. The van der Waals surface area contributed by atoms with Crippen LogP contribution in [-0.2, 0) is 47.7 Å². The van der Waals surface area contributed by atoms with Crippen LogP contribution in [-0.4, -0.2) is 87.3 Å². The van der Waals surface area contributed by atoms with Gasteiger partial charge >= 0.3 is 23.9 Å². The minimum absolute atomic E-state index is 0.252. The minimum Gasteiger partial charge on any atom is -0.477 e. The van der Waals surface area contributed by atoms with Crippen LogP contribution in [0.25, 0.3) is 0 Å². The highest BCUT2D eigenvalue weighted by atomic mass is 16.6. The summed E-state index contributed by atoms with van der Waals surface area (Å²) in [7, 11) is 2.64. The molecule has 0 aromatic rings. The molecular weight excluding hydrogens is 442 g/mol. The van der Waals surface area contributed by atoms with Crippen molar-refractivity contribution in [2.75, 3.05) is 20.8 Å². The molecule has 1 rings (SSSR count). The van der Waals surface area contributed by atoms with Gasteiger partial charge in [0.2, 0.25) is 11.7 Å². The van der Waals surface area contributed by atoms with Crippen LogP contribution in [0.15, 0.2) is 16.8 Å². The van der Waals surface area contributed by atoms with Crippen molar-refractivity contribution in [1.82, 2.24) is 10.6 Å². The summed E-state index contributed by atoms with van der Waals surface area (Å²) in [6.07, 6.45) is -1.31. The van der Waals surface area contributed by atoms with Crippen molar-refractivity contribution in [2.45, 2.75) is 58.1 Å². The number of hydrogen-bond acceptors (Lipinski definition) is 11. The second kappa shape index (κ2) is 13.0. The van der Waals surface area contributed by atoms with Crippen LogP contribution in [0.1, 0.15) is 27.7 Å². The van der Waals surface area contributed by atoms with Gasteiger partial charge in [-0.15, -0.1) is 0 Å². The van der Waals surface area contributed by atoms with Crippen molar-refractivity contribution in [1.29, 1.82) is 0 Å². The van der Waals surface area contributed by atoms with E-state index in [1.165, 1.54) is 26.4 Å². The molecule has 0 aliphatic carbocycles. The third kappa shape index (κ3) is 8.79. The van der Waals surface area contributed by atoms with Crippen LogP contribution in [0, 0.1) is 0 Å². The molecule has 33 heavy (non-hydrogen) atoms. The third-order valence-corrected chi connectivity index (χ3v) is 4.25. The zero-order valence-corrected chi connectivity index (χ0v) is 19.3. The van der Waals surface area contributed by atoms with Crippen molar-refractivity contribution in [3.8, 4) is 0 Å². The number of ether oxygens (including phenoxy) is 5. The van der Waals surface area contributed by atoms with Gasteiger partial charge in [0.15, 0.2) is 18.3 Å². The van der Waals surface area contributed by atoms with Crippen LogP contribution < -0.4 is 10.6 Å². The number of methoxy groups -OCH3 is 1. The number of carbonyl (C=O) groups is 5. The molecule has 1 heterocycles. The van der Waals surface area contributed by atoms with Crippen LogP contribution in [0.2, 0.25) is 0 Å². The Balaban J connectivity index is 3.57. The largest absolute Gasteiger partial charge is 0.477 e. The van der Waals surface area contributed by atoms with Gasteiger partial charge in [0.1, 0.15) is 6.61 Å². The van der Waals surface area contributed by atoms with Gasteiger partial charge in [-0.2, -0.15) is 0 Å². The summed E-state index contributed by atoms with van der Waals surface area (Å²) in [4.78, 5) is 63.0. The molecule has 0 spiro atoms. The Labute approximate surface area is 190 Å². The average molecular weight is 471 g/mol. The first-order valence-corrected chi connectivity index (χ1v) is 9.88. The molecule has 0 saturated heterocycles. The van der Waals surface area contributed by atoms with E-state index in [1.54, 1.807) is 0 Å². The normalized spacial score (nSPS) is 21.5. The number of nitrogens with one attached hydrogen (secondary N) is 2. The molecule has 0 aromatic heterocycles. The quantitative estimate of drug-likeness (QED) is 0.173. The number of carbonyl (C=O) groups excluding carboxylic acids is 5. The molecule has 1 amide bonds. The van der Waals surface area contributed by atoms with E-state index in [9.17, 15) is 24.0 Å². The van der Waals surface area contributed by atoms with Gasteiger partial charge in [0, 0.05) is 34.7 Å². The summed E-state index contributed by atoms with van der Waals surface area (Å²) in [5.74, 6) is -3.77. The molecule has 5 atom stereocenters. The summed E-state index contributed by atoms with van der Waals surface area (Å²) >= 11 is 0. The monoisotopic (exact) mass is 471 g/mol. The summed E-state index contributed by atoms with van der Waals surface area (Å²) in [5, 5.41) is 5.57. The van der Waals surface area contributed by atoms with Crippen LogP contribution in [0.3, 0.4) is 0 Å². The highest BCUT2D eigenvalue weighted by molar-refractivity contribution is 5.86. The van der Waals surface area contributed by atoms with Crippen molar-refractivity contribution >= 4 is 36.1 Å². The zero-order valence-electron chi connectivity index (χ0n) is 19.3. The lowest BCUT2D eigenvalue weighted by Gasteiger charge is -2.41. The van der Waals surface area contributed by atoms with E-state index in [-0.39, 0.29) is 5.76 Å². The number of rotatable bonds is 10. The van der Waals surface area contributed by atoms with E-state index in [0.717, 1.165) is 27.9 Å². The van der Waals surface area contributed by atoms with Crippen molar-refractivity contribution in [3.05, 3.63) is 11.8 Å². The lowest BCUT2D eigenvalue weighted by Crippen LogP contribution is -2.64. The van der Waals surface area contributed by atoms with Gasteiger partial charge in [-0.1, -0.05) is 0 Å². The molecule has 0 fully saturated rings. The summed E-state index contributed by atoms with van der Waals surface area (Å²) in [6, 6.07) is -1.73. The molecule has 1 aliphatic rings. The van der Waals surface area contributed by atoms with Crippen molar-refractivity contribution in [2.24, 2.45) is 4.99 Å². The highest BCUT2D eigenvalue weighted by Gasteiger charge is 2.47. The van der Waals surface area contributed by atoms with Gasteiger partial charge in [0.05, 0.1) is 25.5 Å². The first-order chi connectivity index (χ1) is 15.5. The minimum atomic E-state index is -1.40. The van der Waals surface area contributed by atoms with Crippen LogP contribution >= 0.6 is 0 Å². The van der Waals surface area contributed by atoms with Gasteiger partial charge in [0.25, 0.3) is 0 Å². The highest BCUT2D eigenvalue weighted by Crippen LogP contribution is 2.26. The standard InChI is InChI=1S/C20H29N3O10/c1-10(24)23-17-14(22-9-21-5)7-15(20(28)29-6)33-19(17)18(32-13(4)27)16(31-12(3)26)8-30-11(2)25/h7,9,14,16-19H,8H2,1-6H3,(H,21,22)(H,23,24)/t14-,16+,17+,18+,19+/m0/s1. The molecule has 0 aromatic carbocycles. The van der Waals surface area contributed by atoms with Gasteiger partial charge in [-0.25, -0.2) is 4.79 Å².